The highest BCUT2D eigenvalue weighted by atomic mass is 19.1. The summed E-state index contributed by atoms with van der Waals surface area (Å²) in [6, 6.07) is 20.7. The van der Waals surface area contributed by atoms with E-state index in [1.165, 1.54) is 44.5 Å². The van der Waals surface area contributed by atoms with Crippen LogP contribution in [-0.2, 0) is 0 Å². The molecule has 0 N–H and O–H groups in total. The second kappa shape index (κ2) is 10.3. The minimum Gasteiger partial charge on any atom is -0.497 e. The van der Waals surface area contributed by atoms with Crippen LogP contribution in [0.25, 0.3) is 11.1 Å². The lowest BCUT2D eigenvalue weighted by Gasteiger charge is -2.26. The van der Waals surface area contributed by atoms with E-state index in [9.17, 15) is 4.39 Å². The zero-order valence-corrected chi connectivity index (χ0v) is 19.6. The minimum atomic E-state index is -0.251. The molecule has 4 nitrogen and oxygen atoms in total. The lowest BCUT2D eigenvalue weighted by molar-refractivity contribution is 0.183. The highest BCUT2D eigenvalue weighted by Gasteiger charge is 2.23. The third kappa shape index (κ3) is 4.95. The number of nitrogens with zero attached hydrogens (tertiary/aromatic N) is 1. The van der Waals surface area contributed by atoms with Crippen molar-refractivity contribution in [2.75, 3.05) is 40.0 Å². The molecule has 0 bridgehead atoms. The van der Waals surface area contributed by atoms with Crippen LogP contribution in [0.1, 0.15) is 36.0 Å². The molecule has 0 radical (unpaired) electrons. The van der Waals surface area contributed by atoms with E-state index >= 15 is 0 Å². The molecule has 0 aromatic heterocycles. The standard InChI is InChI=1S/C29H30FNO3/c1-32-25-13-14-26-28(19-25)34-20-27(21-5-9-23(30)10-6-21)29(26)22-7-11-24(12-8-22)33-18-17-31-15-3-2-4-16-31/h5-14,19H,2-4,15-18,20H2,1H3. The van der Waals surface area contributed by atoms with Gasteiger partial charge in [-0.3, -0.25) is 4.90 Å². The van der Waals surface area contributed by atoms with Gasteiger partial charge in [0.25, 0.3) is 0 Å². The molecule has 2 aliphatic rings. The Labute approximate surface area is 200 Å². The monoisotopic (exact) mass is 459 g/mol. The average Bonchev–Trinajstić information content (AvgIpc) is 2.89. The number of hydrogen-bond acceptors (Lipinski definition) is 4. The van der Waals surface area contributed by atoms with Gasteiger partial charge < -0.3 is 14.2 Å². The van der Waals surface area contributed by atoms with Crippen molar-refractivity contribution < 1.29 is 18.6 Å². The van der Waals surface area contributed by atoms with Crippen molar-refractivity contribution in [1.29, 1.82) is 0 Å². The summed E-state index contributed by atoms with van der Waals surface area (Å²) in [5, 5.41) is 0. The maximum Gasteiger partial charge on any atom is 0.131 e. The van der Waals surface area contributed by atoms with E-state index in [2.05, 4.69) is 17.0 Å². The van der Waals surface area contributed by atoms with Gasteiger partial charge in [-0.2, -0.15) is 0 Å². The van der Waals surface area contributed by atoms with Gasteiger partial charge in [0.1, 0.15) is 36.3 Å². The molecule has 0 saturated carbocycles. The Kier molecular flexibility index (Phi) is 6.82. The zero-order chi connectivity index (χ0) is 23.3. The van der Waals surface area contributed by atoms with Crippen LogP contribution in [0.15, 0.2) is 66.7 Å². The van der Waals surface area contributed by atoms with Crippen molar-refractivity contribution in [3.05, 3.63) is 89.2 Å². The number of ether oxygens (including phenoxy) is 3. The maximum absolute atomic E-state index is 13.6. The number of halogens is 1. The fraction of sp³-hybridized carbons (Fsp3) is 0.310. The van der Waals surface area contributed by atoms with E-state index in [4.69, 9.17) is 14.2 Å². The first-order chi connectivity index (χ1) is 16.7. The zero-order valence-electron chi connectivity index (χ0n) is 19.6. The maximum atomic E-state index is 13.6. The van der Waals surface area contributed by atoms with Crippen LogP contribution < -0.4 is 14.2 Å². The fourth-order valence-electron chi connectivity index (χ4n) is 4.74. The molecule has 1 saturated heterocycles. The third-order valence-corrected chi connectivity index (χ3v) is 6.59. The molecule has 2 heterocycles. The lowest BCUT2D eigenvalue weighted by Crippen LogP contribution is -2.33. The Morgan fingerprint density at radius 2 is 1.56 bits per heavy atom. The van der Waals surface area contributed by atoms with Crippen molar-refractivity contribution in [2.24, 2.45) is 0 Å². The van der Waals surface area contributed by atoms with Crippen LogP contribution in [0.3, 0.4) is 0 Å². The Hall–Kier alpha value is -3.31. The number of methoxy groups -OCH3 is 1. The predicted molar refractivity (Wildman–Crippen MR) is 133 cm³/mol. The smallest absolute Gasteiger partial charge is 0.131 e. The molecule has 0 unspecified atom stereocenters. The van der Waals surface area contributed by atoms with Crippen molar-refractivity contribution in [3.8, 4) is 17.2 Å². The molecule has 0 amide bonds. The van der Waals surface area contributed by atoms with Crippen molar-refractivity contribution in [1.82, 2.24) is 4.90 Å². The van der Waals surface area contributed by atoms with Crippen molar-refractivity contribution >= 4 is 11.1 Å². The largest absolute Gasteiger partial charge is 0.497 e. The molecule has 0 aliphatic carbocycles. The molecule has 5 rings (SSSR count). The number of fused-ring (bicyclic) bond motifs is 1. The van der Waals surface area contributed by atoms with Crippen LogP contribution in [0.5, 0.6) is 17.2 Å². The van der Waals surface area contributed by atoms with Gasteiger partial charge in [-0.25, -0.2) is 4.39 Å². The van der Waals surface area contributed by atoms with E-state index in [-0.39, 0.29) is 5.82 Å². The summed E-state index contributed by atoms with van der Waals surface area (Å²) in [5.74, 6) is 2.15. The number of benzene rings is 3. The van der Waals surface area contributed by atoms with E-state index < -0.39 is 0 Å². The summed E-state index contributed by atoms with van der Waals surface area (Å²) in [5.41, 5.74) is 5.11. The number of piperidine rings is 1. The van der Waals surface area contributed by atoms with Gasteiger partial charge in [-0.15, -0.1) is 0 Å². The average molecular weight is 460 g/mol. The predicted octanol–water partition coefficient (Wildman–Crippen LogP) is 6.05. The Balaban J connectivity index is 1.42. The van der Waals surface area contributed by atoms with Crippen molar-refractivity contribution in [2.45, 2.75) is 19.3 Å². The minimum absolute atomic E-state index is 0.251. The molecule has 1 fully saturated rings. The van der Waals surface area contributed by atoms with Crippen LogP contribution >= 0.6 is 0 Å². The Morgan fingerprint density at radius 3 is 2.29 bits per heavy atom. The van der Waals surface area contributed by atoms with E-state index in [1.54, 1.807) is 19.2 Å². The van der Waals surface area contributed by atoms with E-state index in [0.717, 1.165) is 51.6 Å². The lowest BCUT2D eigenvalue weighted by atomic mass is 9.87. The first-order valence-electron chi connectivity index (χ1n) is 12.0. The highest BCUT2D eigenvalue weighted by molar-refractivity contribution is 6.01. The number of likely N-dealkylation sites (tertiary alicyclic amines) is 1. The summed E-state index contributed by atoms with van der Waals surface area (Å²) in [6.07, 6.45) is 3.92. The summed E-state index contributed by atoms with van der Waals surface area (Å²) in [6.45, 7) is 4.41. The normalized spacial score (nSPS) is 16.1. The van der Waals surface area contributed by atoms with Crippen LogP contribution in [-0.4, -0.2) is 44.9 Å². The summed E-state index contributed by atoms with van der Waals surface area (Å²) >= 11 is 0. The third-order valence-electron chi connectivity index (χ3n) is 6.59. The Bertz CT molecular complexity index is 1150. The van der Waals surface area contributed by atoms with Gasteiger partial charge >= 0.3 is 0 Å². The fourth-order valence-corrected chi connectivity index (χ4v) is 4.74. The first kappa shape index (κ1) is 22.5. The van der Waals surface area contributed by atoms with Gasteiger partial charge in [0.05, 0.1) is 7.11 Å². The molecule has 5 heteroatoms. The number of hydrogen-bond donors (Lipinski definition) is 0. The molecular formula is C29H30FNO3. The Morgan fingerprint density at radius 1 is 0.853 bits per heavy atom. The summed E-state index contributed by atoms with van der Waals surface area (Å²) in [7, 11) is 1.65. The first-order valence-corrected chi connectivity index (χ1v) is 12.0. The van der Waals surface area contributed by atoms with Gasteiger partial charge in [0.2, 0.25) is 0 Å². The van der Waals surface area contributed by atoms with Crippen LogP contribution in [0.2, 0.25) is 0 Å². The molecular weight excluding hydrogens is 429 g/mol. The second-order valence-corrected chi connectivity index (χ2v) is 8.79. The van der Waals surface area contributed by atoms with Crippen LogP contribution in [0, 0.1) is 5.82 Å². The summed E-state index contributed by atoms with van der Waals surface area (Å²) < 4.78 is 31.1. The van der Waals surface area contributed by atoms with Crippen LogP contribution in [0.4, 0.5) is 4.39 Å². The molecule has 2 aliphatic heterocycles. The highest BCUT2D eigenvalue weighted by Crippen LogP contribution is 2.42. The van der Waals surface area contributed by atoms with Gasteiger partial charge in [-0.1, -0.05) is 30.7 Å². The molecule has 0 atom stereocenters. The van der Waals surface area contributed by atoms with Gasteiger partial charge in [-0.05, 0) is 79.0 Å². The van der Waals surface area contributed by atoms with E-state index in [0.29, 0.717) is 13.2 Å². The van der Waals surface area contributed by atoms with Gasteiger partial charge in [0.15, 0.2) is 0 Å². The molecule has 3 aromatic rings. The van der Waals surface area contributed by atoms with Gasteiger partial charge in [0, 0.05) is 23.7 Å². The quantitative estimate of drug-likeness (QED) is 0.430. The summed E-state index contributed by atoms with van der Waals surface area (Å²) in [4.78, 5) is 2.48. The molecule has 34 heavy (non-hydrogen) atoms. The van der Waals surface area contributed by atoms with Crippen molar-refractivity contribution in [3.63, 3.8) is 0 Å². The molecule has 176 valence electrons. The topological polar surface area (TPSA) is 30.9 Å². The van der Waals surface area contributed by atoms with E-state index in [1.807, 2.05) is 30.3 Å². The molecule has 3 aromatic carbocycles. The molecule has 0 spiro atoms. The SMILES string of the molecule is COc1ccc2c(c1)OCC(c1ccc(F)cc1)=C2c1ccc(OCCN2CCCCC2)cc1. The second-order valence-electron chi connectivity index (χ2n) is 8.79. The number of rotatable bonds is 7.